The van der Waals surface area contributed by atoms with E-state index in [1.165, 1.54) is 5.56 Å². The summed E-state index contributed by atoms with van der Waals surface area (Å²) in [6.45, 7) is 2.10. The Bertz CT molecular complexity index is 775. The van der Waals surface area contributed by atoms with Crippen molar-refractivity contribution in [2.45, 2.75) is 19.3 Å². The molecule has 0 unspecified atom stereocenters. The molecule has 2 heterocycles. The largest absolute Gasteiger partial charge is 0.357 e. The number of rotatable bonds is 7. The van der Waals surface area contributed by atoms with E-state index in [1.807, 2.05) is 42.5 Å². The van der Waals surface area contributed by atoms with Gasteiger partial charge in [0.2, 0.25) is 11.8 Å². The number of nitrogens with one attached hydrogen (secondary N) is 2. The lowest BCUT2D eigenvalue weighted by Gasteiger charge is -2.32. The topological polar surface area (TPSA) is 74.3 Å². The third kappa shape index (κ3) is 5.96. The van der Waals surface area contributed by atoms with Crippen molar-refractivity contribution in [1.82, 2.24) is 15.6 Å². The minimum absolute atomic E-state index is 0.0204. The Labute approximate surface area is 170 Å². The molecule has 0 saturated carbocycles. The number of hydrogen-bond donors (Lipinski definition) is 2. The second-order valence-corrected chi connectivity index (χ2v) is 7.34. The van der Waals surface area contributed by atoms with Crippen LogP contribution in [0, 0.1) is 5.92 Å². The lowest BCUT2D eigenvalue weighted by molar-refractivity contribution is -0.129. The Balaban J connectivity index is 1.34. The summed E-state index contributed by atoms with van der Waals surface area (Å²) < 4.78 is 0. The number of pyridine rings is 1. The standard InChI is InChI=1S/C21H25ClN4O2/c22-18-6-7-19(24-14-18)26-12-9-17(10-13-26)21(28)25-15-20(27)23-11-8-16-4-2-1-3-5-16/h1-7,14,17H,8-13,15H2,(H,23,27)(H,25,28). The van der Waals surface area contributed by atoms with Crippen molar-refractivity contribution in [3.05, 3.63) is 59.2 Å². The van der Waals surface area contributed by atoms with Crippen LogP contribution in [0.2, 0.25) is 5.02 Å². The molecule has 28 heavy (non-hydrogen) atoms. The zero-order valence-corrected chi connectivity index (χ0v) is 16.5. The first-order valence-corrected chi connectivity index (χ1v) is 9.94. The van der Waals surface area contributed by atoms with E-state index in [0.717, 1.165) is 38.2 Å². The van der Waals surface area contributed by atoms with Crippen LogP contribution in [0.25, 0.3) is 0 Å². The maximum Gasteiger partial charge on any atom is 0.239 e. The van der Waals surface area contributed by atoms with Gasteiger partial charge in [-0.25, -0.2) is 4.98 Å². The van der Waals surface area contributed by atoms with Crippen molar-refractivity contribution < 1.29 is 9.59 Å². The first kappa shape index (κ1) is 20.1. The molecule has 0 atom stereocenters. The number of benzene rings is 1. The Morgan fingerprint density at radius 1 is 1.07 bits per heavy atom. The zero-order chi connectivity index (χ0) is 19.8. The Morgan fingerprint density at radius 3 is 2.50 bits per heavy atom. The van der Waals surface area contributed by atoms with E-state index in [2.05, 4.69) is 20.5 Å². The van der Waals surface area contributed by atoms with Gasteiger partial charge in [-0.15, -0.1) is 0 Å². The number of nitrogens with zero attached hydrogens (tertiary/aromatic N) is 2. The van der Waals surface area contributed by atoms with E-state index in [9.17, 15) is 9.59 Å². The Hall–Kier alpha value is -2.60. The van der Waals surface area contributed by atoms with Crippen molar-refractivity contribution in [2.24, 2.45) is 5.92 Å². The van der Waals surface area contributed by atoms with Crippen LogP contribution in [0.1, 0.15) is 18.4 Å². The van der Waals surface area contributed by atoms with Gasteiger partial charge in [0.1, 0.15) is 5.82 Å². The maximum atomic E-state index is 12.3. The zero-order valence-electron chi connectivity index (χ0n) is 15.7. The predicted molar refractivity (Wildman–Crippen MR) is 110 cm³/mol. The van der Waals surface area contributed by atoms with Gasteiger partial charge in [-0.2, -0.15) is 0 Å². The van der Waals surface area contributed by atoms with Crippen LogP contribution in [0.5, 0.6) is 0 Å². The third-order valence-electron chi connectivity index (χ3n) is 4.90. The summed E-state index contributed by atoms with van der Waals surface area (Å²) in [6.07, 6.45) is 3.89. The minimum Gasteiger partial charge on any atom is -0.357 e. The predicted octanol–water partition coefficient (Wildman–Crippen LogP) is 2.43. The smallest absolute Gasteiger partial charge is 0.239 e. The number of piperidine rings is 1. The summed E-state index contributed by atoms with van der Waals surface area (Å²) in [7, 11) is 0. The monoisotopic (exact) mass is 400 g/mol. The van der Waals surface area contributed by atoms with Crippen molar-refractivity contribution in [2.75, 3.05) is 31.1 Å². The highest BCUT2D eigenvalue weighted by atomic mass is 35.5. The lowest BCUT2D eigenvalue weighted by Crippen LogP contribution is -2.44. The molecule has 148 valence electrons. The van der Waals surface area contributed by atoms with Gasteiger partial charge < -0.3 is 15.5 Å². The molecule has 0 bridgehead atoms. The summed E-state index contributed by atoms with van der Waals surface area (Å²) in [4.78, 5) is 30.7. The summed E-state index contributed by atoms with van der Waals surface area (Å²) in [5, 5.41) is 6.21. The lowest BCUT2D eigenvalue weighted by atomic mass is 9.96. The number of carbonyl (C=O) groups is 2. The summed E-state index contributed by atoms with van der Waals surface area (Å²) >= 11 is 5.87. The van der Waals surface area contributed by atoms with Gasteiger partial charge >= 0.3 is 0 Å². The van der Waals surface area contributed by atoms with Gasteiger partial charge in [-0.05, 0) is 37.0 Å². The second-order valence-electron chi connectivity index (χ2n) is 6.90. The van der Waals surface area contributed by atoms with Gasteiger partial charge in [0.15, 0.2) is 0 Å². The average Bonchev–Trinajstić information content (AvgIpc) is 2.73. The molecule has 3 rings (SSSR count). The highest BCUT2D eigenvalue weighted by Crippen LogP contribution is 2.22. The molecule has 1 fully saturated rings. The molecule has 2 aromatic rings. The maximum absolute atomic E-state index is 12.3. The minimum atomic E-state index is -0.160. The Kier molecular flexibility index (Phi) is 7.25. The van der Waals surface area contributed by atoms with Crippen LogP contribution in [0.4, 0.5) is 5.82 Å². The van der Waals surface area contributed by atoms with E-state index in [0.29, 0.717) is 11.6 Å². The number of anilines is 1. The molecule has 1 saturated heterocycles. The molecular formula is C21H25ClN4O2. The van der Waals surface area contributed by atoms with Crippen molar-refractivity contribution in [3.8, 4) is 0 Å². The number of aromatic nitrogens is 1. The van der Waals surface area contributed by atoms with Gasteiger partial charge in [0.05, 0.1) is 11.6 Å². The molecule has 1 aliphatic rings. The fourth-order valence-corrected chi connectivity index (χ4v) is 3.40. The number of amides is 2. The van der Waals surface area contributed by atoms with Gasteiger partial charge in [-0.1, -0.05) is 41.9 Å². The third-order valence-corrected chi connectivity index (χ3v) is 5.13. The van der Waals surface area contributed by atoms with Crippen LogP contribution in [0.3, 0.4) is 0 Å². The van der Waals surface area contributed by atoms with E-state index in [1.54, 1.807) is 6.20 Å². The van der Waals surface area contributed by atoms with Crippen molar-refractivity contribution in [3.63, 3.8) is 0 Å². The normalized spacial score (nSPS) is 14.5. The molecule has 6 nitrogen and oxygen atoms in total. The van der Waals surface area contributed by atoms with E-state index >= 15 is 0 Å². The molecular weight excluding hydrogens is 376 g/mol. The van der Waals surface area contributed by atoms with Gasteiger partial charge in [0, 0.05) is 31.7 Å². The van der Waals surface area contributed by atoms with Gasteiger partial charge in [-0.3, -0.25) is 9.59 Å². The highest BCUT2D eigenvalue weighted by Gasteiger charge is 2.25. The van der Waals surface area contributed by atoms with Crippen molar-refractivity contribution >= 4 is 29.2 Å². The fourth-order valence-electron chi connectivity index (χ4n) is 3.29. The molecule has 1 aromatic carbocycles. The Morgan fingerprint density at radius 2 is 1.82 bits per heavy atom. The molecule has 1 aliphatic heterocycles. The number of halogens is 1. The summed E-state index contributed by atoms with van der Waals surface area (Å²) in [6, 6.07) is 13.7. The first-order chi connectivity index (χ1) is 13.6. The summed E-state index contributed by atoms with van der Waals surface area (Å²) in [5.41, 5.74) is 1.17. The molecule has 2 amide bonds. The van der Waals surface area contributed by atoms with Crippen LogP contribution in [-0.2, 0) is 16.0 Å². The molecule has 0 radical (unpaired) electrons. The van der Waals surface area contributed by atoms with Crippen LogP contribution in [0.15, 0.2) is 48.7 Å². The van der Waals surface area contributed by atoms with Crippen LogP contribution < -0.4 is 15.5 Å². The van der Waals surface area contributed by atoms with E-state index in [-0.39, 0.29) is 24.3 Å². The van der Waals surface area contributed by atoms with E-state index in [4.69, 9.17) is 11.6 Å². The highest BCUT2D eigenvalue weighted by molar-refractivity contribution is 6.30. The summed E-state index contributed by atoms with van der Waals surface area (Å²) in [5.74, 6) is 0.593. The quantitative estimate of drug-likeness (QED) is 0.748. The van der Waals surface area contributed by atoms with Crippen LogP contribution in [-0.4, -0.2) is 43.0 Å². The van der Waals surface area contributed by atoms with Crippen molar-refractivity contribution in [1.29, 1.82) is 0 Å². The fraction of sp³-hybridized carbons (Fsp3) is 0.381. The first-order valence-electron chi connectivity index (χ1n) is 9.56. The molecule has 1 aromatic heterocycles. The second kappa shape index (κ2) is 10.1. The molecule has 0 spiro atoms. The number of carbonyl (C=O) groups excluding carboxylic acids is 2. The molecule has 2 N–H and O–H groups in total. The SMILES string of the molecule is O=C(CNC(=O)C1CCN(c2ccc(Cl)cn2)CC1)NCCc1ccccc1. The van der Waals surface area contributed by atoms with E-state index < -0.39 is 0 Å². The van der Waals surface area contributed by atoms with Gasteiger partial charge in [0.25, 0.3) is 0 Å². The molecule has 0 aliphatic carbocycles. The number of hydrogen-bond acceptors (Lipinski definition) is 4. The molecule has 7 heteroatoms. The average molecular weight is 401 g/mol. The van der Waals surface area contributed by atoms with Crippen LogP contribution >= 0.6 is 11.6 Å².